The lowest BCUT2D eigenvalue weighted by atomic mass is 9.89. The van der Waals surface area contributed by atoms with Crippen LogP contribution in [0.4, 0.5) is 16.6 Å². The number of fused-ring (bicyclic) bond motifs is 1. The molecule has 0 saturated carbocycles. The fourth-order valence-electron chi connectivity index (χ4n) is 6.41. The Morgan fingerprint density at radius 2 is 1.75 bits per heavy atom. The van der Waals surface area contributed by atoms with E-state index in [2.05, 4.69) is 42.7 Å². The fraction of sp³-hybridized carbons (Fsp3) is 0.552. The van der Waals surface area contributed by atoms with Crippen molar-refractivity contribution >= 4 is 56.2 Å². The van der Waals surface area contributed by atoms with Crippen molar-refractivity contribution in [3.8, 4) is 0 Å². The van der Waals surface area contributed by atoms with Crippen molar-refractivity contribution in [2.45, 2.75) is 50.5 Å². The topological polar surface area (TPSA) is 146 Å². The Bertz CT molecular complexity index is 1620. The number of likely N-dealkylation sites (tertiary alicyclic amines) is 1. The van der Waals surface area contributed by atoms with Crippen molar-refractivity contribution in [3.63, 3.8) is 0 Å². The summed E-state index contributed by atoms with van der Waals surface area (Å²) in [5.74, 6) is 1.37. The highest BCUT2D eigenvalue weighted by molar-refractivity contribution is 7.89. The molecule has 6 rings (SSSR count). The Kier molecular flexibility index (Phi) is 9.03. The number of urea groups is 1. The van der Waals surface area contributed by atoms with Crippen LogP contribution in [0.3, 0.4) is 0 Å². The van der Waals surface area contributed by atoms with Crippen LogP contribution < -0.4 is 15.5 Å². The number of anilines is 2. The number of benzene rings is 1. The summed E-state index contributed by atoms with van der Waals surface area (Å²) in [5, 5.41) is 11.6. The van der Waals surface area contributed by atoms with Crippen LogP contribution in [-0.2, 0) is 21.9 Å². The summed E-state index contributed by atoms with van der Waals surface area (Å²) in [6.07, 6.45) is 7.36. The van der Waals surface area contributed by atoms with Crippen LogP contribution in [0.1, 0.15) is 50.0 Å². The quantitative estimate of drug-likeness (QED) is 0.359. The van der Waals surface area contributed by atoms with E-state index >= 15 is 0 Å². The van der Waals surface area contributed by atoms with Crippen LogP contribution in [0.2, 0.25) is 5.02 Å². The lowest BCUT2D eigenvalue weighted by Gasteiger charge is -2.33. The van der Waals surface area contributed by atoms with Crippen LogP contribution >= 0.6 is 11.6 Å². The number of imide groups is 1. The van der Waals surface area contributed by atoms with E-state index in [1.54, 1.807) is 21.4 Å². The van der Waals surface area contributed by atoms with Crippen molar-refractivity contribution in [1.29, 1.82) is 0 Å². The number of rotatable bonds is 9. The Labute approximate surface area is 262 Å². The molecule has 0 radical (unpaired) electrons. The van der Waals surface area contributed by atoms with Gasteiger partial charge in [0.05, 0.1) is 28.7 Å². The molecule has 3 aliphatic heterocycles. The summed E-state index contributed by atoms with van der Waals surface area (Å²) in [6, 6.07) is 6.00. The second kappa shape index (κ2) is 13.0. The second-order valence-corrected chi connectivity index (χ2v) is 14.3. The maximum atomic E-state index is 13.0. The molecule has 0 unspecified atom stereocenters. The molecular formula is C29H38ClN9O4S. The minimum Gasteiger partial charge on any atom is -0.351 e. The monoisotopic (exact) mass is 643 g/mol. The van der Waals surface area contributed by atoms with Crippen molar-refractivity contribution in [3.05, 3.63) is 41.2 Å². The molecule has 3 fully saturated rings. The summed E-state index contributed by atoms with van der Waals surface area (Å²) in [5.41, 5.74) is 2.20. The number of aromatic nitrogens is 4. The van der Waals surface area contributed by atoms with Gasteiger partial charge in [-0.3, -0.25) is 19.7 Å². The predicted octanol–water partition coefficient (Wildman–Crippen LogP) is 2.94. The normalized spacial score (nSPS) is 19.9. The number of hydrogen-bond donors (Lipinski definition) is 2. The summed E-state index contributed by atoms with van der Waals surface area (Å²) in [7, 11) is -1.43. The Morgan fingerprint density at radius 1 is 1.02 bits per heavy atom. The van der Waals surface area contributed by atoms with Gasteiger partial charge in [-0.05, 0) is 75.4 Å². The number of carbonyl (C=O) groups is 2. The number of sulfonamides is 1. The van der Waals surface area contributed by atoms with E-state index in [1.165, 1.54) is 10.5 Å². The van der Waals surface area contributed by atoms with Gasteiger partial charge in [-0.1, -0.05) is 17.7 Å². The molecule has 3 aromatic rings. The van der Waals surface area contributed by atoms with E-state index in [0.717, 1.165) is 43.4 Å². The van der Waals surface area contributed by atoms with Gasteiger partial charge in [-0.2, -0.15) is 5.10 Å². The SMILES string of the molecule is Cn1nc(N2CCC(=O)NC2=O)c2ccc(C3CCN(CCCS(=O)(=O)N4CCC(Nc5ncc(Cl)cn5)CC4)CC3)cc21. The molecule has 0 spiro atoms. The summed E-state index contributed by atoms with van der Waals surface area (Å²) < 4.78 is 29.5. The first-order valence-electron chi connectivity index (χ1n) is 15.2. The zero-order chi connectivity index (χ0) is 30.8. The molecular weight excluding hydrogens is 606 g/mol. The van der Waals surface area contributed by atoms with Crippen molar-refractivity contribution < 1.29 is 18.0 Å². The van der Waals surface area contributed by atoms with Crippen LogP contribution in [0.15, 0.2) is 30.6 Å². The highest BCUT2D eigenvalue weighted by atomic mass is 35.5. The highest BCUT2D eigenvalue weighted by Crippen LogP contribution is 2.33. The van der Waals surface area contributed by atoms with Crippen LogP contribution in [0.25, 0.3) is 10.9 Å². The van der Waals surface area contributed by atoms with E-state index in [9.17, 15) is 18.0 Å². The summed E-state index contributed by atoms with van der Waals surface area (Å²) in [4.78, 5) is 36.2. The lowest BCUT2D eigenvalue weighted by molar-refractivity contribution is -0.120. The van der Waals surface area contributed by atoms with Crippen molar-refractivity contribution in [2.75, 3.05) is 55.2 Å². The third-order valence-electron chi connectivity index (χ3n) is 8.90. The average Bonchev–Trinajstić information content (AvgIpc) is 3.34. The number of amides is 3. The molecule has 0 bridgehead atoms. The lowest BCUT2D eigenvalue weighted by Crippen LogP contribution is -2.49. The first-order chi connectivity index (χ1) is 21.2. The van der Waals surface area contributed by atoms with E-state index in [1.807, 2.05) is 13.1 Å². The van der Waals surface area contributed by atoms with Gasteiger partial charge in [0.25, 0.3) is 0 Å². The van der Waals surface area contributed by atoms with E-state index in [-0.39, 0.29) is 24.1 Å². The zero-order valence-corrected chi connectivity index (χ0v) is 26.4. The summed E-state index contributed by atoms with van der Waals surface area (Å²) in [6.45, 7) is 3.91. The van der Waals surface area contributed by atoms with Crippen LogP contribution in [-0.4, -0.2) is 100 Å². The molecule has 236 valence electrons. The number of nitrogens with one attached hydrogen (secondary N) is 2. The molecule has 3 aliphatic rings. The third-order valence-corrected chi connectivity index (χ3v) is 11.1. The van der Waals surface area contributed by atoms with Gasteiger partial charge >= 0.3 is 6.03 Å². The predicted molar refractivity (Wildman–Crippen MR) is 168 cm³/mol. The standard InChI is InChI=1S/C29H38ClN9O4S/c1-36-25-17-21(3-4-24(25)27(35-36)39-15-9-26(40)34-29(39)41)20-5-11-37(12-6-20)10-2-16-44(42,43)38-13-7-23(8-14-38)33-28-31-18-22(30)19-32-28/h3-4,17-20,23H,2,5-16H2,1H3,(H,31,32,33)(H,34,40,41). The molecule has 3 amide bonds. The average molecular weight is 644 g/mol. The largest absolute Gasteiger partial charge is 0.351 e. The number of nitrogens with zero attached hydrogens (tertiary/aromatic N) is 7. The van der Waals surface area contributed by atoms with E-state index in [0.29, 0.717) is 61.6 Å². The molecule has 5 heterocycles. The molecule has 1 aromatic carbocycles. The number of carbonyl (C=O) groups excluding carboxylic acids is 2. The Balaban J connectivity index is 0.958. The van der Waals surface area contributed by atoms with Crippen molar-refractivity contribution in [1.82, 2.24) is 34.3 Å². The molecule has 2 aromatic heterocycles. The van der Waals surface area contributed by atoms with Gasteiger partial charge in [0, 0.05) is 44.5 Å². The third kappa shape index (κ3) is 6.82. The molecule has 13 nitrogen and oxygen atoms in total. The molecule has 15 heteroatoms. The van der Waals surface area contributed by atoms with Gasteiger partial charge in [0.1, 0.15) is 0 Å². The molecule has 44 heavy (non-hydrogen) atoms. The Hall–Kier alpha value is -3.33. The van der Waals surface area contributed by atoms with E-state index < -0.39 is 16.1 Å². The summed E-state index contributed by atoms with van der Waals surface area (Å²) >= 11 is 5.85. The first-order valence-corrected chi connectivity index (χ1v) is 17.2. The van der Waals surface area contributed by atoms with Gasteiger partial charge in [0.2, 0.25) is 21.9 Å². The zero-order valence-electron chi connectivity index (χ0n) is 24.8. The van der Waals surface area contributed by atoms with Crippen molar-refractivity contribution in [2.24, 2.45) is 7.05 Å². The maximum Gasteiger partial charge on any atom is 0.329 e. The van der Waals surface area contributed by atoms with Gasteiger partial charge in [0.15, 0.2) is 5.82 Å². The van der Waals surface area contributed by atoms with Gasteiger partial charge < -0.3 is 10.2 Å². The van der Waals surface area contributed by atoms with Gasteiger partial charge in [-0.25, -0.2) is 27.5 Å². The second-order valence-electron chi connectivity index (χ2n) is 11.8. The molecule has 0 aliphatic carbocycles. The highest BCUT2D eigenvalue weighted by Gasteiger charge is 2.30. The number of piperidine rings is 2. The fourth-order valence-corrected chi connectivity index (χ4v) is 8.03. The first kappa shape index (κ1) is 30.7. The van der Waals surface area contributed by atoms with Crippen LogP contribution in [0, 0.1) is 0 Å². The smallest absolute Gasteiger partial charge is 0.329 e. The number of halogens is 1. The maximum absolute atomic E-state index is 13.0. The van der Waals surface area contributed by atoms with Gasteiger partial charge in [-0.15, -0.1) is 0 Å². The number of aryl methyl sites for hydroxylation is 1. The number of hydrogen-bond acceptors (Lipinski definition) is 9. The minimum atomic E-state index is -3.30. The molecule has 3 saturated heterocycles. The Morgan fingerprint density at radius 3 is 2.45 bits per heavy atom. The molecule has 2 N–H and O–H groups in total. The van der Waals surface area contributed by atoms with Crippen LogP contribution in [0.5, 0.6) is 0 Å². The van der Waals surface area contributed by atoms with E-state index in [4.69, 9.17) is 11.6 Å². The molecule has 0 atom stereocenters. The minimum absolute atomic E-state index is 0.132.